The van der Waals surface area contributed by atoms with Gasteiger partial charge in [0.2, 0.25) is 0 Å². The molecule has 2 aliphatic heterocycles. The van der Waals surface area contributed by atoms with Gasteiger partial charge in [-0.3, -0.25) is 14.4 Å². The molecule has 10 heteroatoms. The van der Waals surface area contributed by atoms with Crippen molar-refractivity contribution in [1.29, 1.82) is 0 Å². The first kappa shape index (κ1) is 21.0. The van der Waals surface area contributed by atoms with E-state index in [2.05, 4.69) is 20.5 Å². The van der Waals surface area contributed by atoms with Crippen molar-refractivity contribution in [2.24, 2.45) is 0 Å². The summed E-state index contributed by atoms with van der Waals surface area (Å²) in [4.78, 5) is 15.1. The first-order valence-electron chi connectivity index (χ1n) is 10.2. The molecule has 2 aliphatic rings. The number of aryl methyl sites for hydroxylation is 1. The zero-order chi connectivity index (χ0) is 20.9. The number of carbonyl (C=O) groups is 1. The Morgan fingerprint density at radius 1 is 1.33 bits per heavy atom. The summed E-state index contributed by atoms with van der Waals surface area (Å²) in [5.74, 6) is 0.289. The lowest BCUT2D eigenvalue weighted by Crippen LogP contribution is -2.44. The van der Waals surface area contributed by atoms with Crippen LogP contribution in [0.2, 0.25) is 5.02 Å². The maximum Gasteiger partial charge on any atom is 0.251 e. The van der Waals surface area contributed by atoms with Crippen molar-refractivity contribution in [3.63, 3.8) is 0 Å². The van der Waals surface area contributed by atoms with Crippen molar-refractivity contribution < 1.29 is 19.4 Å². The number of halogens is 1. The minimum Gasteiger partial charge on any atom is -0.492 e. The standard InChI is InChI=1S/C20H26ClN5O4/c21-16-4-3-14-9-18(16)29-8-2-6-26-10-15(23-24-26)13-30-19-12-25(5-1-7-27)11-17(19)22-20(14)28/h3-4,9-10,17,19,27H,1-2,5-8,11-13H2,(H,22,28)/t17-,19-/m0/s1. The molecule has 0 aliphatic carbocycles. The van der Waals surface area contributed by atoms with Crippen molar-refractivity contribution in [2.45, 2.75) is 38.1 Å². The number of amides is 1. The summed E-state index contributed by atoms with van der Waals surface area (Å²) < 4.78 is 13.7. The van der Waals surface area contributed by atoms with Gasteiger partial charge in [0.1, 0.15) is 11.4 Å². The van der Waals surface area contributed by atoms with Gasteiger partial charge in [0.25, 0.3) is 5.91 Å². The summed E-state index contributed by atoms with van der Waals surface area (Å²) in [6.07, 6.45) is 3.08. The van der Waals surface area contributed by atoms with Crippen LogP contribution >= 0.6 is 11.6 Å². The summed E-state index contributed by atoms with van der Waals surface area (Å²) in [6.45, 7) is 3.64. The van der Waals surface area contributed by atoms with Crippen LogP contribution in [0.1, 0.15) is 28.9 Å². The Morgan fingerprint density at radius 3 is 3.10 bits per heavy atom. The third-order valence-electron chi connectivity index (χ3n) is 5.30. The van der Waals surface area contributed by atoms with Gasteiger partial charge in [0.15, 0.2) is 0 Å². The Bertz CT molecular complexity index is 877. The number of nitrogens with one attached hydrogen (secondary N) is 1. The molecule has 3 heterocycles. The average molecular weight is 436 g/mol. The molecular weight excluding hydrogens is 410 g/mol. The number of carbonyl (C=O) groups excluding carboxylic acids is 1. The predicted molar refractivity (Wildman–Crippen MR) is 110 cm³/mol. The van der Waals surface area contributed by atoms with E-state index in [4.69, 9.17) is 26.2 Å². The van der Waals surface area contributed by atoms with E-state index in [1.807, 2.05) is 6.20 Å². The maximum atomic E-state index is 12.9. The Hall–Kier alpha value is -2.20. The van der Waals surface area contributed by atoms with Crippen LogP contribution < -0.4 is 10.1 Å². The number of hydrogen-bond acceptors (Lipinski definition) is 7. The van der Waals surface area contributed by atoms with E-state index >= 15 is 0 Å². The zero-order valence-corrected chi connectivity index (χ0v) is 17.4. The molecule has 1 aromatic carbocycles. The van der Waals surface area contributed by atoms with E-state index in [1.165, 1.54) is 0 Å². The quantitative estimate of drug-likeness (QED) is 0.744. The predicted octanol–water partition coefficient (Wildman–Crippen LogP) is 1.10. The number of nitrogens with zero attached hydrogens (tertiary/aromatic N) is 4. The van der Waals surface area contributed by atoms with Gasteiger partial charge in [0.05, 0.1) is 36.6 Å². The Morgan fingerprint density at radius 2 is 2.23 bits per heavy atom. The SMILES string of the molecule is O=C1N[C@H]2CN(CCCO)C[C@@H]2OCc2cn(nn2)CCCOc2cc1ccc2Cl. The lowest BCUT2D eigenvalue weighted by atomic mass is 10.1. The molecule has 1 aromatic heterocycles. The van der Waals surface area contributed by atoms with Crippen LogP contribution in [0.25, 0.3) is 0 Å². The van der Waals surface area contributed by atoms with Gasteiger partial charge in [-0.2, -0.15) is 0 Å². The number of aromatic nitrogens is 3. The lowest BCUT2D eigenvalue weighted by molar-refractivity contribution is 0.0295. The molecule has 0 spiro atoms. The molecule has 0 saturated carbocycles. The molecule has 1 amide bonds. The van der Waals surface area contributed by atoms with Gasteiger partial charge in [-0.15, -0.1) is 5.10 Å². The molecule has 4 rings (SSSR count). The van der Waals surface area contributed by atoms with Crippen LogP contribution in [0, 0.1) is 0 Å². The summed E-state index contributed by atoms with van der Waals surface area (Å²) in [6, 6.07) is 4.86. The van der Waals surface area contributed by atoms with Crippen molar-refractivity contribution in [3.05, 3.63) is 40.7 Å². The van der Waals surface area contributed by atoms with E-state index in [0.717, 1.165) is 18.7 Å². The number of rotatable bonds is 3. The number of aliphatic hydroxyl groups is 1. The molecule has 1 fully saturated rings. The zero-order valence-electron chi connectivity index (χ0n) is 16.7. The van der Waals surface area contributed by atoms with Crippen LogP contribution in [-0.2, 0) is 17.9 Å². The second-order valence-electron chi connectivity index (χ2n) is 7.59. The van der Waals surface area contributed by atoms with Crippen LogP contribution in [0.5, 0.6) is 5.75 Å². The summed E-state index contributed by atoms with van der Waals surface area (Å²) >= 11 is 6.24. The molecule has 9 nitrogen and oxygen atoms in total. The largest absolute Gasteiger partial charge is 0.492 e. The Kier molecular flexibility index (Phi) is 6.83. The number of benzene rings is 1. The van der Waals surface area contributed by atoms with E-state index in [9.17, 15) is 4.79 Å². The van der Waals surface area contributed by atoms with Crippen molar-refractivity contribution >= 4 is 17.5 Å². The second kappa shape index (κ2) is 9.74. The molecule has 30 heavy (non-hydrogen) atoms. The first-order chi connectivity index (χ1) is 14.6. The molecule has 4 bridgehead atoms. The fraction of sp³-hybridized carbons (Fsp3) is 0.550. The molecule has 1 saturated heterocycles. The smallest absolute Gasteiger partial charge is 0.251 e. The molecule has 2 aromatic rings. The Labute approximate surface area is 179 Å². The molecular formula is C20H26ClN5O4. The highest BCUT2D eigenvalue weighted by Gasteiger charge is 2.34. The normalized spacial score (nSPS) is 22.9. The van der Waals surface area contributed by atoms with Gasteiger partial charge >= 0.3 is 0 Å². The van der Waals surface area contributed by atoms with Crippen LogP contribution in [0.15, 0.2) is 24.4 Å². The molecule has 162 valence electrons. The lowest BCUT2D eigenvalue weighted by Gasteiger charge is -2.20. The van der Waals surface area contributed by atoms with E-state index in [0.29, 0.717) is 55.6 Å². The summed E-state index contributed by atoms with van der Waals surface area (Å²) in [7, 11) is 0. The number of likely N-dealkylation sites (tertiary alicyclic amines) is 1. The van der Waals surface area contributed by atoms with Crippen LogP contribution in [-0.4, -0.2) is 75.9 Å². The topological polar surface area (TPSA) is 102 Å². The van der Waals surface area contributed by atoms with Crippen LogP contribution in [0.3, 0.4) is 0 Å². The average Bonchev–Trinajstić information content (AvgIpc) is 3.35. The van der Waals surface area contributed by atoms with Crippen LogP contribution in [0.4, 0.5) is 0 Å². The number of ether oxygens (including phenoxy) is 2. The van der Waals surface area contributed by atoms with Crippen molar-refractivity contribution in [1.82, 2.24) is 25.2 Å². The van der Waals surface area contributed by atoms with Gasteiger partial charge < -0.3 is 19.9 Å². The van der Waals surface area contributed by atoms with Gasteiger partial charge in [-0.1, -0.05) is 16.8 Å². The molecule has 0 radical (unpaired) electrons. The number of aliphatic hydroxyl groups excluding tert-OH is 1. The first-order valence-corrected chi connectivity index (χ1v) is 10.6. The highest BCUT2D eigenvalue weighted by Crippen LogP contribution is 2.26. The minimum atomic E-state index is -0.197. The Balaban J connectivity index is 1.55. The van der Waals surface area contributed by atoms with E-state index in [1.54, 1.807) is 22.9 Å². The maximum absolute atomic E-state index is 12.9. The fourth-order valence-electron chi connectivity index (χ4n) is 3.76. The number of hydrogen-bond donors (Lipinski definition) is 2. The number of fused-ring (bicyclic) bond motifs is 5. The second-order valence-corrected chi connectivity index (χ2v) is 7.99. The fourth-order valence-corrected chi connectivity index (χ4v) is 3.93. The summed E-state index contributed by atoms with van der Waals surface area (Å²) in [5, 5.41) is 21.0. The highest BCUT2D eigenvalue weighted by atomic mass is 35.5. The highest BCUT2D eigenvalue weighted by molar-refractivity contribution is 6.32. The molecule has 2 atom stereocenters. The van der Waals surface area contributed by atoms with Crippen molar-refractivity contribution in [2.75, 3.05) is 32.8 Å². The van der Waals surface area contributed by atoms with Gasteiger partial charge in [-0.05, 0) is 24.6 Å². The third-order valence-corrected chi connectivity index (χ3v) is 5.62. The van der Waals surface area contributed by atoms with Gasteiger partial charge in [0, 0.05) is 44.8 Å². The molecule has 0 unspecified atom stereocenters. The van der Waals surface area contributed by atoms with E-state index in [-0.39, 0.29) is 24.7 Å². The van der Waals surface area contributed by atoms with Crippen molar-refractivity contribution in [3.8, 4) is 5.75 Å². The van der Waals surface area contributed by atoms with Gasteiger partial charge in [-0.25, -0.2) is 0 Å². The monoisotopic (exact) mass is 435 g/mol. The molecule has 2 N–H and O–H groups in total. The summed E-state index contributed by atoms with van der Waals surface area (Å²) in [5.41, 5.74) is 1.24. The minimum absolute atomic E-state index is 0.135. The van der Waals surface area contributed by atoms with E-state index < -0.39 is 0 Å². The third kappa shape index (κ3) is 5.10.